The normalized spacial score (nSPS) is 12.7. The monoisotopic (exact) mass is 500 g/mol. The molecule has 0 aliphatic carbocycles. The molecule has 1 aromatic carbocycles. The van der Waals surface area contributed by atoms with Crippen LogP contribution in [0.15, 0.2) is 22.7 Å². The molecule has 164 valence electrons. The fourth-order valence-electron chi connectivity index (χ4n) is 2.42. The lowest BCUT2D eigenvalue weighted by molar-refractivity contribution is -0.384. The van der Waals surface area contributed by atoms with Crippen molar-refractivity contribution in [3.63, 3.8) is 0 Å². The number of benzene rings is 1. The molecular weight excluding hydrogens is 487 g/mol. The number of nitro benzene ring substituents is 1. The molecule has 0 aliphatic rings. The van der Waals surface area contributed by atoms with Crippen LogP contribution >= 0.6 is 15.9 Å². The van der Waals surface area contributed by atoms with E-state index in [9.17, 15) is 36.9 Å². The minimum Gasteiger partial charge on any atom is -0.487 e. The molecule has 8 nitrogen and oxygen atoms in total. The van der Waals surface area contributed by atoms with Gasteiger partial charge in [0.15, 0.2) is 5.69 Å². The molecule has 0 saturated heterocycles. The SMILES string of the molecule is Cc1c(Br)c(C(F)(F)F)nn1C(C)C(=O)Nc1cc(OCC(F)F)cc([N+](=O)[O-])c1. The molecule has 0 aliphatic heterocycles. The molecule has 1 atom stereocenters. The second-order valence-corrected chi connectivity index (χ2v) is 6.82. The Balaban J connectivity index is 2.30. The van der Waals surface area contributed by atoms with E-state index in [-0.39, 0.29) is 21.6 Å². The summed E-state index contributed by atoms with van der Waals surface area (Å²) in [5, 5.41) is 16.7. The molecule has 0 saturated carbocycles. The molecule has 0 radical (unpaired) electrons. The van der Waals surface area contributed by atoms with Gasteiger partial charge >= 0.3 is 6.18 Å². The molecule has 1 amide bonds. The van der Waals surface area contributed by atoms with Crippen LogP contribution in [0.2, 0.25) is 0 Å². The van der Waals surface area contributed by atoms with Crippen molar-refractivity contribution >= 4 is 33.2 Å². The van der Waals surface area contributed by atoms with Gasteiger partial charge in [0.2, 0.25) is 5.91 Å². The number of aromatic nitrogens is 2. The highest BCUT2D eigenvalue weighted by Crippen LogP contribution is 2.36. The van der Waals surface area contributed by atoms with Crippen molar-refractivity contribution in [2.75, 3.05) is 11.9 Å². The van der Waals surface area contributed by atoms with E-state index >= 15 is 0 Å². The summed E-state index contributed by atoms with van der Waals surface area (Å²) >= 11 is 2.80. The van der Waals surface area contributed by atoms with Crippen molar-refractivity contribution in [3.8, 4) is 5.75 Å². The highest BCUT2D eigenvalue weighted by molar-refractivity contribution is 9.10. The molecule has 2 aromatic rings. The van der Waals surface area contributed by atoms with Gasteiger partial charge in [-0.1, -0.05) is 0 Å². The lowest BCUT2D eigenvalue weighted by atomic mass is 10.2. The number of rotatable bonds is 7. The van der Waals surface area contributed by atoms with Crippen molar-refractivity contribution in [2.45, 2.75) is 32.5 Å². The lowest BCUT2D eigenvalue weighted by Gasteiger charge is -2.15. The zero-order valence-corrected chi connectivity index (χ0v) is 16.9. The van der Waals surface area contributed by atoms with Gasteiger partial charge in [-0.2, -0.15) is 18.3 Å². The molecule has 14 heteroatoms. The largest absolute Gasteiger partial charge is 0.487 e. The van der Waals surface area contributed by atoms with Crippen molar-refractivity contribution in [3.05, 3.63) is 44.2 Å². The average Bonchev–Trinajstić information content (AvgIpc) is 2.94. The summed E-state index contributed by atoms with van der Waals surface area (Å²) in [6, 6.07) is 1.69. The van der Waals surface area contributed by atoms with E-state index in [0.717, 1.165) is 22.9 Å². The highest BCUT2D eigenvalue weighted by atomic mass is 79.9. The predicted octanol–water partition coefficient (Wildman–Crippen LogP) is 4.72. The van der Waals surface area contributed by atoms with Crippen LogP contribution in [-0.4, -0.2) is 33.6 Å². The first kappa shape index (κ1) is 23.5. The fraction of sp³-hybridized carbons (Fsp3) is 0.375. The van der Waals surface area contributed by atoms with E-state index in [1.165, 1.54) is 13.8 Å². The topological polar surface area (TPSA) is 99.3 Å². The Morgan fingerprint density at radius 3 is 2.50 bits per heavy atom. The first-order valence-electron chi connectivity index (χ1n) is 8.14. The van der Waals surface area contributed by atoms with Crippen molar-refractivity contribution in [1.29, 1.82) is 0 Å². The Kier molecular flexibility index (Phi) is 7.00. The fourth-order valence-corrected chi connectivity index (χ4v) is 2.90. The van der Waals surface area contributed by atoms with Gasteiger partial charge in [-0.25, -0.2) is 8.78 Å². The van der Waals surface area contributed by atoms with Gasteiger partial charge in [0.25, 0.3) is 12.1 Å². The summed E-state index contributed by atoms with van der Waals surface area (Å²) < 4.78 is 68.9. The molecule has 0 fully saturated rings. The van der Waals surface area contributed by atoms with E-state index in [0.29, 0.717) is 0 Å². The van der Waals surface area contributed by atoms with Gasteiger partial charge in [-0.3, -0.25) is 19.6 Å². The Morgan fingerprint density at radius 1 is 1.37 bits per heavy atom. The van der Waals surface area contributed by atoms with E-state index in [1.54, 1.807) is 0 Å². The van der Waals surface area contributed by atoms with Gasteiger partial charge in [0.1, 0.15) is 18.4 Å². The number of halogens is 6. The number of nitrogens with zero attached hydrogens (tertiary/aromatic N) is 3. The Morgan fingerprint density at radius 2 is 2.00 bits per heavy atom. The van der Waals surface area contributed by atoms with Crippen LogP contribution in [0.3, 0.4) is 0 Å². The Bertz CT molecular complexity index is 964. The number of ether oxygens (including phenoxy) is 1. The number of alkyl halides is 5. The third kappa shape index (κ3) is 5.43. The number of nitrogens with one attached hydrogen (secondary N) is 1. The predicted molar refractivity (Wildman–Crippen MR) is 97.6 cm³/mol. The van der Waals surface area contributed by atoms with E-state index in [4.69, 9.17) is 4.74 Å². The molecule has 1 heterocycles. The molecule has 1 N–H and O–H groups in total. The van der Waals surface area contributed by atoms with Crippen molar-refractivity contribution < 1.29 is 36.4 Å². The quantitative estimate of drug-likeness (QED) is 0.336. The van der Waals surface area contributed by atoms with Gasteiger partial charge in [0.05, 0.1) is 26.8 Å². The summed E-state index contributed by atoms with van der Waals surface area (Å²) in [6.07, 6.45) is -7.58. The number of carbonyl (C=O) groups is 1. The van der Waals surface area contributed by atoms with Crippen LogP contribution in [0.4, 0.5) is 33.3 Å². The molecule has 30 heavy (non-hydrogen) atoms. The minimum atomic E-state index is -4.75. The van der Waals surface area contributed by atoms with Crippen molar-refractivity contribution in [2.24, 2.45) is 0 Å². The smallest absolute Gasteiger partial charge is 0.436 e. The molecule has 2 rings (SSSR count). The molecule has 0 bridgehead atoms. The first-order chi connectivity index (χ1) is 13.8. The van der Waals surface area contributed by atoms with Crippen LogP contribution in [-0.2, 0) is 11.0 Å². The van der Waals surface area contributed by atoms with E-state index in [1.807, 2.05) is 0 Å². The second-order valence-electron chi connectivity index (χ2n) is 6.03. The maximum atomic E-state index is 13.0. The van der Waals surface area contributed by atoms with Crippen LogP contribution in [0.25, 0.3) is 0 Å². The summed E-state index contributed by atoms with van der Waals surface area (Å²) in [5.41, 5.74) is -1.88. The summed E-state index contributed by atoms with van der Waals surface area (Å²) in [5.74, 6) is -1.13. The number of hydrogen-bond acceptors (Lipinski definition) is 5. The van der Waals surface area contributed by atoms with Crippen molar-refractivity contribution in [1.82, 2.24) is 9.78 Å². The average molecular weight is 501 g/mol. The van der Waals surface area contributed by atoms with Crippen LogP contribution in [0, 0.1) is 17.0 Å². The Hall–Kier alpha value is -2.77. The number of non-ortho nitro benzene ring substituents is 1. The number of nitro groups is 1. The zero-order chi connectivity index (χ0) is 22.8. The first-order valence-corrected chi connectivity index (χ1v) is 8.93. The zero-order valence-electron chi connectivity index (χ0n) is 15.3. The maximum absolute atomic E-state index is 13.0. The van der Waals surface area contributed by atoms with Crippen LogP contribution < -0.4 is 10.1 Å². The summed E-state index contributed by atoms with van der Waals surface area (Å²) in [6.45, 7) is 1.57. The standard InChI is InChI=1S/C16H14BrF5N4O4/c1-7-13(17)14(16(20,21)22)24-25(7)8(2)15(27)23-9-3-10(26(28)29)5-11(4-9)30-6-12(18)19/h3-5,8,12H,6H2,1-2H3,(H,23,27). The number of anilines is 1. The summed E-state index contributed by atoms with van der Waals surface area (Å²) in [7, 11) is 0. The maximum Gasteiger partial charge on any atom is 0.436 e. The van der Waals surface area contributed by atoms with Crippen LogP contribution in [0.5, 0.6) is 5.75 Å². The van der Waals surface area contributed by atoms with Gasteiger partial charge in [-0.05, 0) is 29.8 Å². The third-order valence-electron chi connectivity index (χ3n) is 3.84. The second kappa shape index (κ2) is 8.93. The van der Waals surface area contributed by atoms with Crippen LogP contribution in [0.1, 0.15) is 24.4 Å². The van der Waals surface area contributed by atoms with E-state index < -0.39 is 47.5 Å². The Labute approximate surface area is 174 Å². The lowest BCUT2D eigenvalue weighted by Crippen LogP contribution is -2.25. The van der Waals surface area contributed by atoms with Gasteiger partial charge < -0.3 is 10.1 Å². The minimum absolute atomic E-state index is 0.0324. The molecular formula is C16H14BrF5N4O4. The molecule has 1 unspecified atom stereocenters. The van der Waals surface area contributed by atoms with E-state index in [2.05, 4.69) is 26.3 Å². The summed E-state index contributed by atoms with van der Waals surface area (Å²) in [4.78, 5) is 22.7. The highest BCUT2D eigenvalue weighted by Gasteiger charge is 2.39. The van der Waals surface area contributed by atoms with Gasteiger partial charge in [-0.15, -0.1) is 0 Å². The molecule has 1 aromatic heterocycles. The number of hydrogen-bond donors (Lipinski definition) is 1. The number of amides is 1. The third-order valence-corrected chi connectivity index (χ3v) is 4.79. The molecule has 0 spiro atoms. The number of carbonyl (C=O) groups excluding carboxylic acids is 1. The van der Waals surface area contributed by atoms with Gasteiger partial charge in [0, 0.05) is 12.1 Å².